The standard InChI is InChI=1S/C28H31N3/c1-7-23-17(3)27(30-19(23)5)26(28-18(4)24(8-2)20(6)31-28)22-14-12-21(13-15-22)25-11-9-10-16-29-25/h9-16,30H,7-8H2,1-6H3/b28-26-. The van der Waals surface area contributed by atoms with Crippen molar-refractivity contribution >= 4 is 11.3 Å². The Kier molecular flexibility index (Phi) is 5.77. The predicted octanol–water partition coefficient (Wildman–Crippen LogP) is 7.22. The van der Waals surface area contributed by atoms with Crippen molar-refractivity contribution in [1.82, 2.24) is 9.97 Å². The molecular formula is C28H31N3. The van der Waals surface area contributed by atoms with E-state index in [1.54, 1.807) is 0 Å². The third-order valence-corrected chi connectivity index (χ3v) is 6.45. The molecule has 2 aromatic heterocycles. The highest BCUT2D eigenvalue weighted by molar-refractivity contribution is 6.05. The molecule has 31 heavy (non-hydrogen) atoms. The van der Waals surface area contributed by atoms with Crippen molar-refractivity contribution in [3.05, 3.63) is 93.6 Å². The molecule has 158 valence electrons. The van der Waals surface area contributed by atoms with Gasteiger partial charge in [0.2, 0.25) is 0 Å². The zero-order chi connectivity index (χ0) is 22.1. The molecule has 0 unspecified atom stereocenters. The fourth-order valence-electron chi connectivity index (χ4n) is 4.81. The van der Waals surface area contributed by atoms with Crippen LogP contribution in [0, 0.1) is 13.8 Å². The quantitative estimate of drug-likeness (QED) is 0.475. The summed E-state index contributed by atoms with van der Waals surface area (Å²) in [6.07, 6.45) is 3.86. The maximum absolute atomic E-state index is 5.05. The highest BCUT2D eigenvalue weighted by atomic mass is 14.8. The SMILES string of the molecule is CCC1=C(C)/C(=C(\c2ccc(-c3ccccn3)cc2)c2[nH]c(C)c(CC)c2C)N=C1C. The van der Waals surface area contributed by atoms with Crippen molar-refractivity contribution in [2.45, 2.75) is 54.4 Å². The Morgan fingerprint density at radius 2 is 1.65 bits per heavy atom. The zero-order valence-corrected chi connectivity index (χ0v) is 19.4. The molecule has 1 N–H and O–H groups in total. The summed E-state index contributed by atoms with van der Waals surface area (Å²) in [6, 6.07) is 14.8. The van der Waals surface area contributed by atoms with E-state index >= 15 is 0 Å². The molecule has 1 aliphatic rings. The van der Waals surface area contributed by atoms with Crippen molar-refractivity contribution in [1.29, 1.82) is 0 Å². The Morgan fingerprint density at radius 1 is 0.903 bits per heavy atom. The van der Waals surface area contributed by atoms with E-state index in [1.165, 1.54) is 44.8 Å². The molecule has 4 rings (SSSR count). The number of rotatable bonds is 5. The summed E-state index contributed by atoms with van der Waals surface area (Å²) in [5.41, 5.74) is 14.5. The lowest BCUT2D eigenvalue weighted by molar-refractivity contribution is 1.08. The first kappa shape index (κ1) is 21.0. The van der Waals surface area contributed by atoms with Gasteiger partial charge in [0, 0.05) is 28.7 Å². The molecule has 0 aliphatic carbocycles. The maximum atomic E-state index is 5.05. The van der Waals surface area contributed by atoms with Crippen LogP contribution in [-0.2, 0) is 6.42 Å². The first-order chi connectivity index (χ1) is 15.0. The largest absolute Gasteiger partial charge is 0.358 e. The van der Waals surface area contributed by atoms with E-state index in [4.69, 9.17) is 4.99 Å². The molecule has 0 saturated carbocycles. The second-order valence-electron chi connectivity index (χ2n) is 8.25. The molecule has 1 aromatic carbocycles. The second kappa shape index (κ2) is 8.50. The van der Waals surface area contributed by atoms with Crippen LogP contribution in [0.5, 0.6) is 0 Å². The molecule has 0 spiro atoms. The van der Waals surface area contributed by atoms with Gasteiger partial charge in [0.15, 0.2) is 0 Å². The molecular weight excluding hydrogens is 378 g/mol. The number of aliphatic imine (C=N–C) groups is 1. The van der Waals surface area contributed by atoms with Crippen molar-refractivity contribution < 1.29 is 0 Å². The Hall–Kier alpha value is -3.20. The van der Waals surface area contributed by atoms with Crippen molar-refractivity contribution in [2.75, 3.05) is 0 Å². The van der Waals surface area contributed by atoms with Crippen LogP contribution in [0.3, 0.4) is 0 Å². The lowest BCUT2D eigenvalue weighted by Gasteiger charge is -2.13. The molecule has 3 heteroatoms. The smallest absolute Gasteiger partial charge is 0.0764 e. The Balaban J connectivity index is 1.93. The van der Waals surface area contributed by atoms with E-state index in [1.807, 2.05) is 24.4 Å². The highest BCUT2D eigenvalue weighted by Crippen LogP contribution is 2.39. The number of nitrogens with one attached hydrogen (secondary N) is 1. The van der Waals surface area contributed by atoms with Gasteiger partial charge in [0.05, 0.1) is 17.1 Å². The number of hydrogen-bond acceptors (Lipinski definition) is 2. The van der Waals surface area contributed by atoms with Gasteiger partial charge in [-0.3, -0.25) is 9.98 Å². The van der Waals surface area contributed by atoms with Gasteiger partial charge in [0.25, 0.3) is 0 Å². The molecule has 0 bridgehead atoms. The first-order valence-corrected chi connectivity index (χ1v) is 11.2. The molecule has 0 amide bonds. The summed E-state index contributed by atoms with van der Waals surface area (Å²) < 4.78 is 0. The van der Waals surface area contributed by atoms with Crippen molar-refractivity contribution in [3.8, 4) is 11.3 Å². The number of allylic oxidation sites excluding steroid dienone is 2. The van der Waals surface area contributed by atoms with E-state index in [0.29, 0.717) is 0 Å². The highest BCUT2D eigenvalue weighted by Gasteiger charge is 2.24. The summed E-state index contributed by atoms with van der Waals surface area (Å²) in [7, 11) is 0. The van der Waals surface area contributed by atoms with E-state index in [0.717, 1.165) is 35.5 Å². The molecule has 0 atom stereocenters. The number of hydrogen-bond donors (Lipinski definition) is 1. The minimum Gasteiger partial charge on any atom is -0.358 e. The molecule has 3 heterocycles. The fourth-order valence-corrected chi connectivity index (χ4v) is 4.81. The first-order valence-electron chi connectivity index (χ1n) is 11.2. The van der Waals surface area contributed by atoms with Crippen LogP contribution in [0.1, 0.15) is 62.2 Å². The molecule has 0 radical (unpaired) electrons. The minimum atomic E-state index is 0.988. The number of nitrogens with zero attached hydrogens (tertiary/aromatic N) is 2. The topological polar surface area (TPSA) is 41.0 Å². The second-order valence-corrected chi connectivity index (χ2v) is 8.25. The summed E-state index contributed by atoms with van der Waals surface area (Å²) >= 11 is 0. The minimum absolute atomic E-state index is 0.988. The lowest BCUT2D eigenvalue weighted by Crippen LogP contribution is -1.97. The molecule has 3 aromatic rings. The summed E-state index contributed by atoms with van der Waals surface area (Å²) in [5.74, 6) is 0. The van der Waals surface area contributed by atoms with Gasteiger partial charge in [-0.1, -0.05) is 44.2 Å². The van der Waals surface area contributed by atoms with Gasteiger partial charge in [0.1, 0.15) is 0 Å². The number of benzene rings is 1. The van der Waals surface area contributed by atoms with Gasteiger partial charge in [-0.05, 0) is 80.5 Å². The van der Waals surface area contributed by atoms with Crippen molar-refractivity contribution in [3.63, 3.8) is 0 Å². The summed E-state index contributed by atoms with van der Waals surface area (Å²) in [6.45, 7) is 13.2. The third-order valence-electron chi connectivity index (χ3n) is 6.45. The number of H-pyrrole nitrogens is 1. The Labute approximate surface area is 185 Å². The monoisotopic (exact) mass is 409 g/mol. The van der Waals surface area contributed by atoms with E-state index in [2.05, 4.69) is 75.8 Å². The van der Waals surface area contributed by atoms with Gasteiger partial charge in [-0.25, -0.2) is 0 Å². The fraction of sp³-hybridized carbons (Fsp3) is 0.286. The van der Waals surface area contributed by atoms with Crippen LogP contribution < -0.4 is 0 Å². The van der Waals surface area contributed by atoms with E-state index in [-0.39, 0.29) is 0 Å². The van der Waals surface area contributed by atoms with Gasteiger partial charge < -0.3 is 4.98 Å². The van der Waals surface area contributed by atoms with Crippen LogP contribution >= 0.6 is 0 Å². The van der Waals surface area contributed by atoms with E-state index < -0.39 is 0 Å². The number of aryl methyl sites for hydroxylation is 1. The predicted molar refractivity (Wildman–Crippen MR) is 131 cm³/mol. The zero-order valence-electron chi connectivity index (χ0n) is 19.4. The van der Waals surface area contributed by atoms with Crippen molar-refractivity contribution in [2.24, 2.45) is 4.99 Å². The lowest BCUT2D eigenvalue weighted by atomic mass is 9.92. The molecule has 3 nitrogen and oxygen atoms in total. The molecule has 0 fully saturated rings. The van der Waals surface area contributed by atoms with Gasteiger partial charge >= 0.3 is 0 Å². The Bertz CT molecular complexity index is 1200. The molecule has 1 aliphatic heterocycles. The van der Waals surface area contributed by atoms with Crippen LogP contribution in [0.4, 0.5) is 0 Å². The average Bonchev–Trinajstić information content (AvgIpc) is 3.23. The number of aromatic nitrogens is 2. The van der Waals surface area contributed by atoms with E-state index in [9.17, 15) is 0 Å². The summed E-state index contributed by atoms with van der Waals surface area (Å²) in [5, 5.41) is 0. The van der Waals surface area contributed by atoms with Crippen LogP contribution in [0.2, 0.25) is 0 Å². The van der Waals surface area contributed by atoms with Crippen LogP contribution in [-0.4, -0.2) is 15.7 Å². The number of pyridine rings is 1. The normalized spacial score (nSPS) is 15.5. The Morgan fingerprint density at radius 3 is 2.19 bits per heavy atom. The van der Waals surface area contributed by atoms with Gasteiger partial charge in [-0.15, -0.1) is 0 Å². The van der Waals surface area contributed by atoms with Gasteiger partial charge in [-0.2, -0.15) is 0 Å². The maximum Gasteiger partial charge on any atom is 0.0764 e. The molecule has 0 saturated heterocycles. The number of aromatic amines is 1. The third kappa shape index (κ3) is 3.69. The summed E-state index contributed by atoms with van der Waals surface area (Å²) in [4.78, 5) is 13.2. The van der Waals surface area contributed by atoms with Crippen LogP contribution in [0.25, 0.3) is 16.8 Å². The van der Waals surface area contributed by atoms with Crippen LogP contribution in [0.15, 0.2) is 70.5 Å². The average molecular weight is 410 g/mol.